The van der Waals surface area contributed by atoms with Gasteiger partial charge < -0.3 is 4.42 Å². The van der Waals surface area contributed by atoms with E-state index in [4.69, 9.17) is 16.0 Å². The van der Waals surface area contributed by atoms with E-state index < -0.39 is 12.1 Å². The summed E-state index contributed by atoms with van der Waals surface area (Å²) in [7, 11) is 0. The SMILES string of the molecule is CCc1ccc(N2C(=O)C3N=NN(Cc4nc(-c5ccc(Cl)cc5)oc4C)C3C2=O)cc1. The lowest BCUT2D eigenvalue weighted by Gasteiger charge is -2.20. The van der Waals surface area contributed by atoms with Crippen molar-refractivity contribution in [3.63, 3.8) is 0 Å². The molecule has 2 amide bonds. The van der Waals surface area contributed by atoms with Gasteiger partial charge >= 0.3 is 0 Å². The monoisotopic (exact) mass is 449 g/mol. The number of hydrogen-bond donors (Lipinski definition) is 0. The fourth-order valence-corrected chi connectivity index (χ4v) is 4.06. The number of amides is 2. The Morgan fingerprint density at radius 2 is 1.75 bits per heavy atom. The molecule has 8 nitrogen and oxygen atoms in total. The zero-order chi connectivity index (χ0) is 22.4. The topological polar surface area (TPSA) is 91.4 Å². The van der Waals surface area contributed by atoms with Gasteiger partial charge in [0.15, 0.2) is 12.1 Å². The van der Waals surface area contributed by atoms with Crippen molar-refractivity contribution < 1.29 is 14.0 Å². The van der Waals surface area contributed by atoms with Gasteiger partial charge in [0.2, 0.25) is 5.89 Å². The normalized spacial score (nSPS) is 19.8. The van der Waals surface area contributed by atoms with Gasteiger partial charge in [-0.05, 0) is 55.3 Å². The summed E-state index contributed by atoms with van der Waals surface area (Å²) in [6.45, 7) is 4.05. The van der Waals surface area contributed by atoms with Crippen molar-refractivity contribution in [3.05, 3.63) is 70.6 Å². The second-order valence-electron chi connectivity index (χ2n) is 7.75. The predicted octanol–water partition coefficient (Wildman–Crippen LogP) is 4.36. The van der Waals surface area contributed by atoms with E-state index in [2.05, 4.69) is 15.3 Å². The maximum absolute atomic E-state index is 13.2. The molecule has 2 aromatic carbocycles. The van der Waals surface area contributed by atoms with Gasteiger partial charge in [0.25, 0.3) is 11.8 Å². The number of aromatic nitrogens is 1. The Bertz CT molecular complexity index is 1220. The molecule has 5 rings (SSSR count). The number of carbonyl (C=O) groups is 2. The number of carbonyl (C=O) groups excluding carboxylic acids is 2. The molecule has 0 spiro atoms. The summed E-state index contributed by atoms with van der Waals surface area (Å²) >= 11 is 5.95. The minimum atomic E-state index is -0.851. The number of imide groups is 1. The van der Waals surface area contributed by atoms with Crippen LogP contribution in [0.4, 0.5) is 5.69 Å². The summed E-state index contributed by atoms with van der Waals surface area (Å²) in [6.07, 6.45) is 0.879. The van der Waals surface area contributed by atoms with Crippen molar-refractivity contribution in [1.82, 2.24) is 9.99 Å². The van der Waals surface area contributed by atoms with E-state index in [0.29, 0.717) is 28.1 Å². The summed E-state index contributed by atoms with van der Waals surface area (Å²) in [4.78, 5) is 31.9. The molecule has 2 aliphatic heterocycles. The molecular formula is C23H20ClN5O3. The van der Waals surface area contributed by atoms with E-state index in [9.17, 15) is 9.59 Å². The Morgan fingerprint density at radius 1 is 1.03 bits per heavy atom. The largest absolute Gasteiger partial charge is 0.441 e. The first kappa shape index (κ1) is 20.4. The lowest BCUT2D eigenvalue weighted by Crippen LogP contribution is -2.39. The standard InChI is InChI=1S/C23H20ClN5O3/c1-3-14-4-10-17(11-5-14)29-22(30)19-20(23(29)31)28(27-26-19)12-18-13(2)32-21(25-18)15-6-8-16(24)9-7-15/h4-11,19-20H,3,12H2,1-2H3. The number of anilines is 1. The first-order chi connectivity index (χ1) is 15.5. The van der Waals surface area contributed by atoms with Crippen LogP contribution in [0.2, 0.25) is 5.02 Å². The van der Waals surface area contributed by atoms with Crippen molar-refractivity contribution in [2.75, 3.05) is 4.90 Å². The van der Waals surface area contributed by atoms with E-state index in [-0.39, 0.29) is 18.4 Å². The summed E-state index contributed by atoms with van der Waals surface area (Å²) in [6, 6.07) is 12.9. The van der Waals surface area contributed by atoms with E-state index in [1.54, 1.807) is 31.2 Å². The molecule has 2 atom stereocenters. The van der Waals surface area contributed by atoms with Crippen LogP contribution in [0.3, 0.4) is 0 Å². The summed E-state index contributed by atoms with van der Waals surface area (Å²) in [5.41, 5.74) is 3.09. The van der Waals surface area contributed by atoms with E-state index in [0.717, 1.165) is 17.5 Å². The number of halogens is 1. The molecule has 0 bridgehead atoms. The van der Waals surface area contributed by atoms with Gasteiger partial charge in [-0.1, -0.05) is 35.9 Å². The van der Waals surface area contributed by atoms with Gasteiger partial charge in [0.1, 0.15) is 11.5 Å². The fraction of sp³-hybridized carbons (Fsp3) is 0.261. The molecule has 1 aromatic heterocycles. The fourth-order valence-electron chi connectivity index (χ4n) is 3.93. The van der Waals surface area contributed by atoms with E-state index in [1.807, 2.05) is 31.2 Å². The highest BCUT2D eigenvalue weighted by Crippen LogP contribution is 2.33. The van der Waals surface area contributed by atoms with Gasteiger partial charge in [0.05, 0.1) is 12.2 Å². The highest BCUT2D eigenvalue weighted by atomic mass is 35.5. The zero-order valence-corrected chi connectivity index (χ0v) is 18.3. The highest BCUT2D eigenvalue weighted by molar-refractivity contribution is 6.30. The molecule has 162 valence electrons. The second-order valence-corrected chi connectivity index (χ2v) is 8.19. The predicted molar refractivity (Wildman–Crippen MR) is 118 cm³/mol. The molecule has 1 saturated heterocycles. The lowest BCUT2D eigenvalue weighted by molar-refractivity contribution is -0.123. The number of nitrogens with zero attached hydrogens (tertiary/aromatic N) is 5. The molecule has 0 aliphatic carbocycles. The summed E-state index contributed by atoms with van der Waals surface area (Å²) in [5, 5.41) is 10.3. The summed E-state index contributed by atoms with van der Waals surface area (Å²) in [5.74, 6) is 0.355. The molecule has 0 N–H and O–H groups in total. The van der Waals surface area contributed by atoms with Gasteiger partial charge in [-0.25, -0.2) is 9.88 Å². The number of benzene rings is 2. The maximum atomic E-state index is 13.2. The van der Waals surface area contributed by atoms with Gasteiger partial charge in [-0.15, -0.1) is 0 Å². The molecule has 2 aliphatic rings. The Kier molecular flexibility index (Phi) is 5.01. The van der Waals surface area contributed by atoms with Crippen LogP contribution in [0.25, 0.3) is 11.5 Å². The van der Waals surface area contributed by atoms with Crippen LogP contribution in [-0.4, -0.2) is 33.9 Å². The average Bonchev–Trinajstić information content (AvgIpc) is 3.45. The van der Waals surface area contributed by atoms with Crippen molar-refractivity contribution in [1.29, 1.82) is 0 Å². The third-order valence-corrected chi connectivity index (χ3v) is 6.01. The Labute approximate surface area is 189 Å². The number of oxazole rings is 1. The van der Waals surface area contributed by atoms with Crippen LogP contribution in [0, 0.1) is 6.92 Å². The average molecular weight is 450 g/mol. The Morgan fingerprint density at radius 3 is 2.44 bits per heavy atom. The molecule has 9 heteroatoms. The molecule has 2 unspecified atom stereocenters. The summed E-state index contributed by atoms with van der Waals surface area (Å²) < 4.78 is 5.81. The first-order valence-corrected chi connectivity index (χ1v) is 10.7. The van der Waals surface area contributed by atoms with Gasteiger partial charge in [0, 0.05) is 10.6 Å². The molecular weight excluding hydrogens is 430 g/mol. The molecule has 0 saturated carbocycles. The maximum Gasteiger partial charge on any atom is 0.263 e. The minimum absolute atomic E-state index is 0.204. The number of rotatable bonds is 5. The molecule has 3 aromatic rings. The Balaban J connectivity index is 1.38. The van der Waals surface area contributed by atoms with Crippen LogP contribution < -0.4 is 4.90 Å². The smallest absolute Gasteiger partial charge is 0.263 e. The van der Waals surface area contributed by atoms with Crippen LogP contribution in [-0.2, 0) is 22.6 Å². The number of aryl methyl sites for hydroxylation is 2. The van der Waals surface area contributed by atoms with Crippen LogP contribution in [0.1, 0.15) is 23.9 Å². The number of fused-ring (bicyclic) bond motifs is 1. The third-order valence-electron chi connectivity index (χ3n) is 5.76. The van der Waals surface area contributed by atoms with Crippen LogP contribution in [0.5, 0.6) is 0 Å². The third kappa shape index (κ3) is 3.36. The van der Waals surface area contributed by atoms with Crippen LogP contribution >= 0.6 is 11.6 Å². The lowest BCUT2D eigenvalue weighted by atomic mass is 10.1. The zero-order valence-electron chi connectivity index (χ0n) is 17.5. The van der Waals surface area contributed by atoms with E-state index in [1.165, 1.54) is 9.91 Å². The second kappa shape index (κ2) is 7.87. The molecule has 3 heterocycles. The molecule has 1 fully saturated rings. The van der Waals surface area contributed by atoms with Gasteiger partial charge in [-0.2, -0.15) is 5.11 Å². The van der Waals surface area contributed by atoms with E-state index >= 15 is 0 Å². The number of hydrogen-bond acceptors (Lipinski definition) is 7. The van der Waals surface area contributed by atoms with Crippen molar-refractivity contribution in [2.24, 2.45) is 10.3 Å². The quantitative estimate of drug-likeness (QED) is 0.540. The minimum Gasteiger partial charge on any atom is -0.441 e. The first-order valence-electron chi connectivity index (χ1n) is 10.3. The van der Waals surface area contributed by atoms with Crippen molar-refractivity contribution >= 4 is 29.1 Å². The van der Waals surface area contributed by atoms with Gasteiger partial charge in [-0.3, -0.25) is 14.6 Å². The molecule has 32 heavy (non-hydrogen) atoms. The van der Waals surface area contributed by atoms with Crippen LogP contribution in [0.15, 0.2) is 63.3 Å². The Hall–Kier alpha value is -3.52. The van der Waals surface area contributed by atoms with Crippen molar-refractivity contribution in [2.45, 2.75) is 38.9 Å². The highest BCUT2D eigenvalue weighted by Gasteiger charge is 2.54. The van der Waals surface area contributed by atoms with Crippen molar-refractivity contribution in [3.8, 4) is 11.5 Å². The molecule has 0 radical (unpaired) electrons.